The lowest BCUT2D eigenvalue weighted by molar-refractivity contribution is 0.0225. The van der Waals surface area contributed by atoms with E-state index in [1.54, 1.807) is 0 Å². The van der Waals surface area contributed by atoms with Crippen LogP contribution >= 0.6 is 0 Å². The molecule has 0 aromatic heterocycles. The van der Waals surface area contributed by atoms with Crippen molar-refractivity contribution in [1.29, 1.82) is 0 Å². The first-order chi connectivity index (χ1) is 6.43. The topological polar surface area (TPSA) is 33.3 Å². The van der Waals surface area contributed by atoms with Gasteiger partial charge in [-0.05, 0) is 19.4 Å². The van der Waals surface area contributed by atoms with Gasteiger partial charge in [-0.2, -0.15) is 0 Å². The van der Waals surface area contributed by atoms with Crippen molar-refractivity contribution >= 4 is 0 Å². The first kappa shape index (κ1) is 10.7. The molecule has 0 aromatic carbocycles. The van der Waals surface area contributed by atoms with E-state index in [4.69, 9.17) is 4.74 Å². The molecule has 0 radical (unpaired) electrons. The highest BCUT2D eigenvalue weighted by atomic mass is 16.5. The molecule has 1 heterocycles. The van der Waals surface area contributed by atoms with Gasteiger partial charge in [0.2, 0.25) is 0 Å². The second-order valence-corrected chi connectivity index (χ2v) is 3.33. The van der Waals surface area contributed by atoms with Crippen LogP contribution in [0.4, 0.5) is 0 Å². The fourth-order valence-corrected chi connectivity index (χ4v) is 1.46. The number of morpholine rings is 1. The van der Waals surface area contributed by atoms with Crippen LogP contribution in [-0.2, 0) is 4.74 Å². The van der Waals surface area contributed by atoms with Crippen LogP contribution in [0, 0.1) is 0 Å². The molecular weight excluding hydrogens is 164 g/mol. The van der Waals surface area contributed by atoms with Gasteiger partial charge in [-0.3, -0.25) is 0 Å². The Hall–Kier alpha value is -0.380. The Balaban J connectivity index is 1.89. The van der Waals surface area contributed by atoms with E-state index in [2.05, 4.69) is 17.2 Å². The van der Waals surface area contributed by atoms with Crippen LogP contribution in [0.25, 0.3) is 0 Å². The lowest BCUT2D eigenvalue weighted by atomic mass is 10.2. The highest BCUT2D eigenvalue weighted by Crippen LogP contribution is 2.03. The number of nitrogens with one attached hydrogen (secondary N) is 2. The van der Waals surface area contributed by atoms with Crippen molar-refractivity contribution in [2.45, 2.75) is 18.9 Å². The zero-order valence-corrected chi connectivity index (χ0v) is 8.22. The Morgan fingerprint density at radius 3 is 3.23 bits per heavy atom. The summed E-state index contributed by atoms with van der Waals surface area (Å²) < 4.78 is 5.57. The Morgan fingerprint density at radius 1 is 1.62 bits per heavy atom. The summed E-state index contributed by atoms with van der Waals surface area (Å²) in [6.45, 7) is 8.51. The van der Waals surface area contributed by atoms with Gasteiger partial charge in [-0.1, -0.05) is 6.08 Å². The molecule has 1 rings (SSSR count). The standard InChI is InChI=1S/C10H20N2O/c1-2-5-11-6-3-4-10-9-12-7-8-13-10/h2,10-12H,1,3-9H2. The van der Waals surface area contributed by atoms with Crippen molar-refractivity contribution in [1.82, 2.24) is 10.6 Å². The number of rotatable bonds is 6. The molecule has 1 atom stereocenters. The zero-order chi connectivity index (χ0) is 9.36. The summed E-state index contributed by atoms with van der Waals surface area (Å²) in [4.78, 5) is 0. The van der Waals surface area contributed by atoms with E-state index in [-0.39, 0.29) is 0 Å². The van der Waals surface area contributed by atoms with E-state index in [1.807, 2.05) is 6.08 Å². The summed E-state index contributed by atoms with van der Waals surface area (Å²) in [5.41, 5.74) is 0. The molecule has 2 N–H and O–H groups in total. The van der Waals surface area contributed by atoms with E-state index < -0.39 is 0 Å². The number of hydrogen-bond donors (Lipinski definition) is 2. The van der Waals surface area contributed by atoms with Gasteiger partial charge >= 0.3 is 0 Å². The second kappa shape index (κ2) is 7.06. The average molecular weight is 184 g/mol. The molecule has 0 saturated carbocycles. The Bertz CT molecular complexity index is 133. The van der Waals surface area contributed by atoms with Crippen LogP contribution in [-0.4, -0.2) is 38.9 Å². The molecule has 0 aromatic rings. The minimum atomic E-state index is 0.430. The Labute approximate surface area is 80.5 Å². The SMILES string of the molecule is C=CCNCCCC1CNCCO1. The molecule has 13 heavy (non-hydrogen) atoms. The second-order valence-electron chi connectivity index (χ2n) is 3.33. The highest BCUT2D eigenvalue weighted by molar-refractivity contribution is 4.71. The molecule has 0 aliphatic carbocycles. The minimum Gasteiger partial charge on any atom is -0.376 e. The molecule has 1 unspecified atom stereocenters. The van der Waals surface area contributed by atoms with Gasteiger partial charge in [0.1, 0.15) is 0 Å². The Kier molecular flexibility index (Phi) is 5.81. The fourth-order valence-electron chi connectivity index (χ4n) is 1.46. The van der Waals surface area contributed by atoms with Crippen LogP contribution in [0.2, 0.25) is 0 Å². The summed E-state index contributed by atoms with van der Waals surface area (Å²) in [6, 6.07) is 0. The van der Waals surface area contributed by atoms with Crippen molar-refractivity contribution in [3.63, 3.8) is 0 Å². The average Bonchev–Trinajstić information content (AvgIpc) is 2.19. The molecule has 1 fully saturated rings. The molecule has 0 bridgehead atoms. The molecule has 1 aliphatic heterocycles. The van der Waals surface area contributed by atoms with Crippen molar-refractivity contribution in [3.05, 3.63) is 12.7 Å². The molecule has 0 amide bonds. The van der Waals surface area contributed by atoms with E-state index in [1.165, 1.54) is 6.42 Å². The maximum absolute atomic E-state index is 5.57. The lowest BCUT2D eigenvalue weighted by Crippen LogP contribution is -2.38. The third-order valence-corrected chi connectivity index (χ3v) is 2.17. The maximum Gasteiger partial charge on any atom is 0.0700 e. The first-order valence-corrected chi connectivity index (χ1v) is 5.07. The Morgan fingerprint density at radius 2 is 2.54 bits per heavy atom. The van der Waals surface area contributed by atoms with Gasteiger partial charge in [0.25, 0.3) is 0 Å². The first-order valence-electron chi connectivity index (χ1n) is 5.07. The van der Waals surface area contributed by atoms with Gasteiger partial charge in [-0.25, -0.2) is 0 Å². The van der Waals surface area contributed by atoms with Crippen molar-refractivity contribution < 1.29 is 4.74 Å². The molecule has 1 saturated heterocycles. The van der Waals surface area contributed by atoms with Crippen molar-refractivity contribution in [2.75, 3.05) is 32.8 Å². The van der Waals surface area contributed by atoms with Crippen LogP contribution in [0.15, 0.2) is 12.7 Å². The summed E-state index contributed by atoms with van der Waals surface area (Å²) in [5.74, 6) is 0. The predicted octanol–water partition coefficient (Wildman–Crippen LogP) is 0.531. The van der Waals surface area contributed by atoms with Gasteiger partial charge in [0, 0.05) is 19.6 Å². The molecule has 76 valence electrons. The van der Waals surface area contributed by atoms with Crippen LogP contribution in [0.1, 0.15) is 12.8 Å². The van der Waals surface area contributed by atoms with Crippen molar-refractivity contribution in [2.24, 2.45) is 0 Å². The van der Waals surface area contributed by atoms with E-state index in [9.17, 15) is 0 Å². The van der Waals surface area contributed by atoms with Crippen LogP contribution in [0.5, 0.6) is 0 Å². The van der Waals surface area contributed by atoms with E-state index in [0.717, 1.165) is 39.2 Å². The van der Waals surface area contributed by atoms with Crippen LogP contribution < -0.4 is 10.6 Å². The molecular formula is C10H20N2O. The third-order valence-electron chi connectivity index (χ3n) is 2.17. The summed E-state index contributed by atoms with van der Waals surface area (Å²) in [6.07, 6.45) is 4.65. The molecule has 0 spiro atoms. The lowest BCUT2D eigenvalue weighted by Gasteiger charge is -2.23. The van der Waals surface area contributed by atoms with Gasteiger partial charge in [0.15, 0.2) is 0 Å². The molecule has 1 aliphatic rings. The molecule has 3 heteroatoms. The van der Waals surface area contributed by atoms with Gasteiger partial charge in [0.05, 0.1) is 12.7 Å². The minimum absolute atomic E-state index is 0.430. The number of hydrogen-bond acceptors (Lipinski definition) is 3. The summed E-state index contributed by atoms with van der Waals surface area (Å²) >= 11 is 0. The van der Waals surface area contributed by atoms with E-state index >= 15 is 0 Å². The monoisotopic (exact) mass is 184 g/mol. The zero-order valence-electron chi connectivity index (χ0n) is 8.22. The predicted molar refractivity (Wildman–Crippen MR) is 54.9 cm³/mol. The quantitative estimate of drug-likeness (QED) is 0.467. The fraction of sp³-hybridized carbons (Fsp3) is 0.800. The van der Waals surface area contributed by atoms with Crippen molar-refractivity contribution in [3.8, 4) is 0 Å². The smallest absolute Gasteiger partial charge is 0.0700 e. The largest absolute Gasteiger partial charge is 0.376 e. The summed E-state index contributed by atoms with van der Waals surface area (Å²) in [7, 11) is 0. The summed E-state index contributed by atoms with van der Waals surface area (Å²) in [5, 5.41) is 6.61. The van der Waals surface area contributed by atoms with Gasteiger partial charge in [-0.15, -0.1) is 6.58 Å². The normalized spacial score (nSPS) is 22.9. The van der Waals surface area contributed by atoms with Crippen LogP contribution in [0.3, 0.4) is 0 Å². The molecule has 3 nitrogen and oxygen atoms in total. The van der Waals surface area contributed by atoms with Gasteiger partial charge < -0.3 is 15.4 Å². The van der Waals surface area contributed by atoms with E-state index in [0.29, 0.717) is 6.10 Å². The third kappa shape index (κ3) is 5.03. The number of ether oxygens (including phenoxy) is 1. The maximum atomic E-state index is 5.57. The highest BCUT2D eigenvalue weighted by Gasteiger charge is 2.11.